The molecule has 4 nitrogen and oxygen atoms in total. The first-order chi connectivity index (χ1) is 5.81. The van der Waals surface area contributed by atoms with Crippen molar-refractivity contribution in [1.82, 2.24) is 4.98 Å². The van der Waals surface area contributed by atoms with Crippen molar-refractivity contribution in [2.24, 2.45) is 0 Å². The predicted octanol–water partition coefficient (Wildman–Crippen LogP) is 0.519. The zero-order valence-corrected chi connectivity index (χ0v) is 6.06. The molecule has 0 saturated heterocycles. The molecule has 0 bridgehead atoms. The number of carbonyl (C=O) groups excluding carboxylic acids is 3. The first-order valence-corrected chi connectivity index (χ1v) is 3.18. The monoisotopic (exact) mass is 163 g/mol. The molecular formula is C8H5NO3. The summed E-state index contributed by atoms with van der Waals surface area (Å²) in [6, 6.07) is 2.76. The Balaban J connectivity index is 3.27. The molecule has 0 amide bonds. The molecule has 0 unspecified atom stereocenters. The maximum absolute atomic E-state index is 10.3. The van der Waals surface area contributed by atoms with Crippen LogP contribution in [0.2, 0.25) is 0 Å². The molecule has 0 aliphatic heterocycles. The highest BCUT2D eigenvalue weighted by atomic mass is 16.1. The average molecular weight is 163 g/mol. The van der Waals surface area contributed by atoms with Gasteiger partial charge < -0.3 is 0 Å². The molecule has 0 fully saturated rings. The highest BCUT2D eigenvalue weighted by molar-refractivity contribution is 5.89. The van der Waals surface area contributed by atoms with Crippen LogP contribution < -0.4 is 0 Å². The van der Waals surface area contributed by atoms with Gasteiger partial charge in [0.15, 0.2) is 18.9 Å². The zero-order valence-electron chi connectivity index (χ0n) is 6.06. The summed E-state index contributed by atoms with van der Waals surface area (Å²) in [5.41, 5.74) is 0.327. The molecule has 4 heteroatoms. The number of carbonyl (C=O) groups is 3. The van der Waals surface area contributed by atoms with E-state index in [0.29, 0.717) is 18.9 Å². The molecule has 0 atom stereocenters. The maximum Gasteiger partial charge on any atom is 0.169 e. The number of pyridine rings is 1. The van der Waals surface area contributed by atoms with Crippen molar-refractivity contribution in [2.75, 3.05) is 0 Å². The SMILES string of the molecule is O=Cc1ccc(C=O)c(C=O)n1. The minimum Gasteiger partial charge on any atom is -0.298 e. The molecule has 1 aromatic rings. The van der Waals surface area contributed by atoms with E-state index < -0.39 is 0 Å². The Morgan fingerprint density at radius 2 is 1.75 bits per heavy atom. The van der Waals surface area contributed by atoms with Crippen LogP contribution in [0.3, 0.4) is 0 Å². The number of nitrogens with zero attached hydrogens (tertiary/aromatic N) is 1. The van der Waals surface area contributed by atoms with E-state index in [-0.39, 0.29) is 17.0 Å². The minimum absolute atomic E-state index is 0.00500. The number of hydrogen-bond acceptors (Lipinski definition) is 4. The second kappa shape index (κ2) is 3.52. The Bertz CT molecular complexity index is 333. The van der Waals surface area contributed by atoms with Crippen molar-refractivity contribution >= 4 is 18.9 Å². The number of hydrogen-bond donors (Lipinski definition) is 0. The lowest BCUT2D eigenvalue weighted by Crippen LogP contribution is -1.98. The second-order valence-corrected chi connectivity index (χ2v) is 2.06. The van der Waals surface area contributed by atoms with Crippen LogP contribution in [0.25, 0.3) is 0 Å². The van der Waals surface area contributed by atoms with E-state index in [1.54, 1.807) is 0 Å². The van der Waals surface area contributed by atoms with E-state index in [0.717, 1.165) is 0 Å². The smallest absolute Gasteiger partial charge is 0.169 e. The van der Waals surface area contributed by atoms with Crippen LogP contribution >= 0.6 is 0 Å². The molecule has 1 rings (SSSR count). The normalized spacial score (nSPS) is 9.00. The lowest BCUT2D eigenvalue weighted by molar-refractivity contribution is 0.108. The van der Waals surface area contributed by atoms with E-state index in [1.165, 1.54) is 12.1 Å². The Kier molecular flexibility index (Phi) is 2.42. The summed E-state index contributed by atoms with van der Waals surface area (Å²) in [5, 5.41) is 0. The molecule has 0 saturated carbocycles. The van der Waals surface area contributed by atoms with Crippen LogP contribution in [-0.4, -0.2) is 23.8 Å². The first kappa shape index (κ1) is 8.26. The van der Waals surface area contributed by atoms with Crippen LogP contribution in [0.5, 0.6) is 0 Å². The summed E-state index contributed by atoms with van der Waals surface area (Å²) >= 11 is 0. The topological polar surface area (TPSA) is 64.1 Å². The van der Waals surface area contributed by atoms with Crippen LogP contribution in [0.15, 0.2) is 12.1 Å². The fraction of sp³-hybridized carbons (Fsp3) is 0. The van der Waals surface area contributed by atoms with E-state index in [9.17, 15) is 14.4 Å². The van der Waals surface area contributed by atoms with Crippen molar-refractivity contribution in [3.63, 3.8) is 0 Å². The summed E-state index contributed by atoms with van der Waals surface area (Å²) in [6.45, 7) is 0. The van der Waals surface area contributed by atoms with Crippen LogP contribution in [0.4, 0.5) is 0 Å². The first-order valence-electron chi connectivity index (χ1n) is 3.18. The van der Waals surface area contributed by atoms with Crippen molar-refractivity contribution < 1.29 is 14.4 Å². The molecule has 0 aromatic carbocycles. The van der Waals surface area contributed by atoms with Crippen LogP contribution in [0.1, 0.15) is 31.3 Å². The van der Waals surface area contributed by atoms with E-state index in [1.807, 2.05) is 0 Å². The van der Waals surface area contributed by atoms with Crippen molar-refractivity contribution in [2.45, 2.75) is 0 Å². The summed E-state index contributed by atoms with van der Waals surface area (Å²) in [6.07, 6.45) is 1.48. The summed E-state index contributed by atoms with van der Waals surface area (Å²) in [4.78, 5) is 34.4. The van der Waals surface area contributed by atoms with Gasteiger partial charge in [-0.1, -0.05) is 0 Å². The molecule has 1 heterocycles. The Morgan fingerprint density at radius 3 is 2.25 bits per heavy atom. The zero-order chi connectivity index (χ0) is 8.97. The van der Waals surface area contributed by atoms with E-state index >= 15 is 0 Å². The van der Waals surface area contributed by atoms with Gasteiger partial charge in [0.2, 0.25) is 0 Å². The standard InChI is InChI=1S/C8H5NO3/c10-3-6-1-2-7(4-11)9-8(6)5-12/h1-5H. The number of rotatable bonds is 3. The lowest BCUT2D eigenvalue weighted by Gasteiger charge is -1.94. The van der Waals surface area contributed by atoms with Crippen LogP contribution in [0, 0.1) is 0 Å². The van der Waals surface area contributed by atoms with Crippen molar-refractivity contribution in [3.05, 3.63) is 29.1 Å². The fourth-order valence-electron chi connectivity index (χ4n) is 0.761. The number of aromatic nitrogens is 1. The van der Waals surface area contributed by atoms with Gasteiger partial charge in [0.1, 0.15) is 11.4 Å². The van der Waals surface area contributed by atoms with E-state index in [4.69, 9.17) is 0 Å². The molecule has 12 heavy (non-hydrogen) atoms. The summed E-state index contributed by atoms with van der Waals surface area (Å²) < 4.78 is 0. The van der Waals surface area contributed by atoms with Gasteiger partial charge in [-0.25, -0.2) is 4.98 Å². The van der Waals surface area contributed by atoms with E-state index in [2.05, 4.69) is 4.98 Å². The molecule has 0 aliphatic rings. The Morgan fingerprint density at radius 1 is 1.00 bits per heavy atom. The molecule has 0 N–H and O–H groups in total. The van der Waals surface area contributed by atoms with Gasteiger partial charge in [-0.05, 0) is 12.1 Å². The molecule has 0 radical (unpaired) electrons. The lowest BCUT2D eigenvalue weighted by atomic mass is 10.2. The average Bonchev–Trinajstić information content (AvgIpc) is 2.16. The molecule has 1 aromatic heterocycles. The third-order valence-electron chi connectivity index (χ3n) is 1.34. The van der Waals surface area contributed by atoms with Gasteiger partial charge in [-0.3, -0.25) is 14.4 Å². The van der Waals surface area contributed by atoms with Crippen LogP contribution in [-0.2, 0) is 0 Å². The van der Waals surface area contributed by atoms with Crippen molar-refractivity contribution in [3.8, 4) is 0 Å². The van der Waals surface area contributed by atoms with Crippen molar-refractivity contribution in [1.29, 1.82) is 0 Å². The third-order valence-corrected chi connectivity index (χ3v) is 1.34. The quantitative estimate of drug-likeness (QED) is 0.609. The Labute approximate surface area is 68.2 Å². The highest BCUT2D eigenvalue weighted by Gasteiger charge is 2.02. The molecule has 0 aliphatic carbocycles. The Hall–Kier alpha value is -1.84. The third kappa shape index (κ3) is 1.42. The maximum atomic E-state index is 10.3. The van der Waals surface area contributed by atoms with Gasteiger partial charge >= 0.3 is 0 Å². The van der Waals surface area contributed by atoms with Gasteiger partial charge in [0.25, 0.3) is 0 Å². The minimum atomic E-state index is -0.00500. The summed E-state index contributed by atoms with van der Waals surface area (Å²) in [5.74, 6) is 0. The second-order valence-electron chi connectivity index (χ2n) is 2.06. The van der Waals surface area contributed by atoms with Gasteiger partial charge in [0, 0.05) is 5.56 Å². The highest BCUT2D eigenvalue weighted by Crippen LogP contribution is 2.01. The molecule has 60 valence electrons. The van der Waals surface area contributed by atoms with Gasteiger partial charge in [0.05, 0.1) is 0 Å². The number of aldehydes is 3. The predicted molar refractivity (Wildman–Crippen MR) is 40.4 cm³/mol. The van der Waals surface area contributed by atoms with Gasteiger partial charge in [-0.2, -0.15) is 0 Å². The fourth-order valence-corrected chi connectivity index (χ4v) is 0.761. The molecule has 0 spiro atoms. The van der Waals surface area contributed by atoms with Gasteiger partial charge in [-0.15, -0.1) is 0 Å². The largest absolute Gasteiger partial charge is 0.298 e. The molecular weight excluding hydrogens is 158 g/mol. The summed E-state index contributed by atoms with van der Waals surface area (Å²) in [7, 11) is 0.